The Morgan fingerprint density at radius 3 is 2.21 bits per heavy atom. The van der Waals surface area contributed by atoms with Gasteiger partial charge in [-0.25, -0.2) is 0 Å². The Bertz CT molecular complexity index is 921. The third-order valence-electron chi connectivity index (χ3n) is 4.68. The molecular formula is C24H26N2O3. The Balaban J connectivity index is 1.49. The summed E-state index contributed by atoms with van der Waals surface area (Å²) < 4.78 is 5.80. The fraction of sp³-hybridized carbons (Fsp3) is 0.208. The molecule has 0 heterocycles. The van der Waals surface area contributed by atoms with Crippen LogP contribution in [0.1, 0.15) is 12.5 Å². The summed E-state index contributed by atoms with van der Waals surface area (Å²) in [7, 11) is 0. The Morgan fingerprint density at radius 1 is 0.966 bits per heavy atom. The van der Waals surface area contributed by atoms with Crippen molar-refractivity contribution in [2.24, 2.45) is 5.73 Å². The van der Waals surface area contributed by atoms with Crippen LogP contribution in [0, 0.1) is 0 Å². The molecule has 0 fully saturated rings. The van der Waals surface area contributed by atoms with E-state index in [1.165, 1.54) is 23.6 Å². The first-order chi connectivity index (χ1) is 14.0. The maximum absolute atomic E-state index is 12.0. The van der Waals surface area contributed by atoms with Gasteiger partial charge in [-0.2, -0.15) is 0 Å². The van der Waals surface area contributed by atoms with Crippen molar-refractivity contribution >= 4 is 11.6 Å². The fourth-order valence-corrected chi connectivity index (χ4v) is 2.76. The highest BCUT2D eigenvalue weighted by atomic mass is 16.5. The molecule has 0 saturated heterocycles. The summed E-state index contributed by atoms with van der Waals surface area (Å²) >= 11 is 0. The number of carbonyl (C=O) groups is 1. The summed E-state index contributed by atoms with van der Waals surface area (Å²) in [5.41, 5.74) is 8.61. The number of benzene rings is 3. The van der Waals surface area contributed by atoms with Crippen LogP contribution in [0.3, 0.4) is 0 Å². The molecule has 0 aromatic heterocycles. The van der Waals surface area contributed by atoms with Crippen molar-refractivity contribution in [2.45, 2.75) is 18.9 Å². The van der Waals surface area contributed by atoms with Crippen LogP contribution in [0.2, 0.25) is 0 Å². The molecule has 1 amide bonds. The minimum Gasteiger partial charge on any atom is -0.493 e. The van der Waals surface area contributed by atoms with Gasteiger partial charge in [-0.15, -0.1) is 0 Å². The van der Waals surface area contributed by atoms with Gasteiger partial charge in [-0.05, 0) is 47.9 Å². The van der Waals surface area contributed by atoms with Crippen LogP contribution in [0.5, 0.6) is 5.75 Å². The van der Waals surface area contributed by atoms with Crippen LogP contribution in [-0.2, 0) is 11.2 Å². The van der Waals surface area contributed by atoms with Crippen molar-refractivity contribution in [1.82, 2.24) is 0 Å². The minimum atomic E-state index is -1.31. The number of anilines is 1. The van der Waals surface area contributed by atoms with Gasteiger partial charge >= 0.3 is 0 Å². The fourth-order valence-electron chi connectivity index (χ4n) is 2.76. The normalized spacial score (nSPS) is 12.8. The van der Waals surface area contributed by atoms with E-state index in [9.17, 15) is 4.79 Å². The summed E-state index contributed by atoms with van der Waals surface area (Å²) in [6, 6.07) is 25.9. The topological polar surface area (TPSA) is 84.6 Å². The second-order valence-electron chi connectivity index (χ2n) is 7.22. The average molecular weight is 390 g/mol. The van der Waals surface area contributed by atoms with Gasteiger partial charge in [-0.3, -0.25) is 4.79 Å². The van der Waals surface area contributed by atoms with E-state index in [-0.39, 0.29) is 0 Å². The Labute approximate surface area is 171 Å². The lowest BCUT2D eigenvalue weighted by Gasteiger charge is -2.20. The molecule has 4 N–H and O–H groups in total. The third-order valence-corrected chi connectivity index (χ3v) is 4.68. The molecule has 0 aliphatic carbocycles. The zero-order valence-electron chi connectivity index (χ0n) is 16.5. The first-order valence-electron chi connectivity index (χ1n) is 9.56. The molecule has 0 spiro atoms. The summed E-state index contributed by atoms with van der Waals surface area (Å²) in [6.07, 6.45) is 0.801. The number of carbonyl (C=O) groups excluding carboxylic acids is 1. The molecule has 5 nitrogen and oxygen atoms in total. The number of nitrogens with one attached hydrogen (secondary N) is 1. The first kappa shape index (κ1) is 20.6. The lowest BCUT2D eigenvalue weighted by molar-refractivity contribution is -0.121. The third kappa shape index (κ3) is 5.67. The van der Waals surface area contributed by atoms with Crippen molar-refractivity contribution in [2.75, 3.05) is 18.5 Å². The molecule has 0 radical (unpaired) electrons. The van der Waals surface area contributed by atoms with Crippen molar-refractivity contribution < 1.29 is 14.6 Å². The highest BCUT2D eigenvalue weighted by Crippen LogP contribution is 2.20. The van der Waals surface area contributed by atoms with Gasteiger partial charge < -0.3 is 20.9 Å². The van der Waals surface area contributed by atoms with E-state index >= 15 is 0 Å². The monoisotopic (exact) mass is 390 g/mol. The first-order valence-corrected chi connectivity index (χ1v) is 9.56. The van der Waals surface area contributed by atoms with E-state index in [1.807, 2.05) is 18.2 Å². The van der Waals surface area contributed by atoms with E-state index in [0.717, 1.165) is 12.2 Å². The molecule has 1 atom stereocenters. The molecule has 5 heteroatoms. The molecule has 3 aromatic rings. The van der Waals surface area contributed by atoms with E-state index in [0.29, 0.717) is 12.3 Å². The van der Waals surface area contributed by atoms with E-state index in [4.69, 9.17) is 15.6 Å². The number of hydrogen-bond acceptors (Lipinski definition) is 4. The second kappa shape index (κ2) is 9.37. The summed E-state index contributed by atoms with van der Waals surface area (Å²) in [6.45, 7) is 1.61. The molecule has 3 aromatic carbocycles. The number of ether oxygens (including phenoxy) is 1. The van der Waals surface area contributed by atoms with Crippen LogP contribution in [0.4, 0.5) is 5.69 Å². The quantitative estimate of drug-likeness (QED) is 0.548. The van der Waals surface area contributed by atoms with Gasteiger partial charge in [0.2, 0.25) is 5.91 Å². The number of hydrogen-bond donors (Lipinski definition) is 3. The second-order valence-corrected chi connectivity index (χ2v) is 7.22. The van der Waals surface area contributed by atoms with Crippen LogP contribution in [0.25, 0.3) is 11.1 Å². The van der Waals surface area contributed by atoms with Crippen LogP contribution in [0.15, 0.2) is 78.9 Å². The Morgan fingerprint density at radius 2 is 1.59 bits per heavy atom. The highest BCUT2D eigenvalue weighted by molar-refractivity contribution is 5.97. The minimum absolute atomic E-state index is 0.424. The van der Waals surface area contributed by atoms with Crippen LogP contribution < -0.4 is 15.8 Å². The molecule has 29 heavy (non-hydrogen) atoms. The molecule has 0 aliphatic heterocycles. The van der Waals surface area contributed by atoms with Crippen LogP contribution in [-0.4, -0.2) is 29.8 Å². The summed E-state index contributed by atoms with van der Waals surface area (Å²) in [5.74, 6) is 0.286. The highest BCUT2D eigenvalue weighted by Gasteiger charge is 2.27. The smallest absolute Gasteiger partial charge is 0.246 e. The Kier molecular flexibility index (Phi) is 6.65. The number of amides is 1. The molecule has 150 valence electrons. The number of nitrogens with two attached hydrogens (primary N) is 1. The standard InChI is InChI=1S/C24H26N2O3/c1-24(25,17-27)23(28)26-21-11-13-22(14-12-21)29-16-15-18-7-9-20(10-8-18)19-5-3-2-4-6-19/h2-14,27H,15-17,25H2,1H3,(H,26,28)/t24-/m0/s1. The van der Waals surface area contributed by atoms with Gasteiger partial charge in [0.05, 0.1) is 13.2 Å². The van der Waals surface area contributed by atoms with E-state index in [1.54, 1.807) is 24.3 Å². The number of aliphatic hydroxyl groups excluding tert-OH is 1. The molecule has 0 saturated carbocycles. The van der Waals surface area contributed by atoms with Crippen molar-refractivity contribution in [3.8, 4) is 16.9 Å². The predicted molar refractivity (Wildman–Crippen MR) is 116 cm³/mol. The average Bonchev–Trinajstić information content (AvgIpc) is 2.76. The van der Waals surface area contributed by atoms with Gasteiger partial charge in [0.1, 0.15) is 11.3 Å². The van der Waals surface area contributed by atoms with Gasteiger partial charge in [0, 0.05) is 12.1 Å². The van der Waals surface area contributed by atoms with Crippen molar-refractivity contribution in [1.29, 1.82) is 0 Å². The van der Waals surface area contributed by atoms with Crippen molar-refractivity contribution in [3.63, 3.8) is 0 Å². The zero-order chi connectivity index (χ0) is 20.7. The van der Waals surface area contributed by atoms with E-state index < -0.39 is 18.1 Å². The zero-order valence-corrected chi connectivity index (χ0v) is 16.5. The van der Waals surface area contributed by atoms with E-state index in [2.05, 4.69) is 41.7 Å². The summed E-state index contributed by atoms with van der Waals surface area (Å²) in [5, 5.41) is 11.8. The largest absolute Gasteiger partial charge is 0.493 e. The maximum Gasteiger partial charge on any atom is 0.246 e. The SMILES string of the molecule is C[C@](N)(CO)C(=O)Nc1ccc(OCCc2ccc(-c3ccccc3)cc2)cc1. The molecular weight excluding hydrogens is 364 g/mol. The maximum atomic E-state index is 12.0. The molecule has 0 unspecified atom stereocenters. The number of aliphatic hydroxyl groups is 1. The van der Waals surface area contributed by atoms with Gasteiger partial charge in [0.25, 0.3) is 0 Å². The molecule has 0 aliphatic rings. The molecule has 0 bridgehead atoms. The molecule has 3 rings (SSSR count). The lowest BCUT2D eigenvalue weighted by atomic mass is 10.0. The Hall–Kier alpha value is -3.15. The summed E-state index contributed by atoms with van der Waals surface area (Å²) in [4.78, 5) is 12.0. The van der Waals surface area contributed by atoms with Gasteiger partial charge in [0.15, 0.2) is 0 Å². The lowest BCUT2D eigenvalue weighted by Crippen LogP contribution is -2.51. The van der Waals surface area contributed by atoms with Gasteiger partial charge in [-0.1, -0.05) is 54.6 Å². The van der Waals surface area contributed by atoms with Crippen molar-refractivity contribution in [3.05, 3.63) is 84.4 Å². The predicted octanol–water partition coefficient (Wildman–Crippen LogP) is 3.62. The van der Waals surface area contributed by atoms with Crippen LogP contribution >= 0.6 is 0 Å². The number of rotatable bonds is 8.